The number of anilines is 1. The van der Waals surface area contributed by atoms with Crippen molar-refractivity contribution in [3.05, 3.63) is 59.8 Å². The number of aliphatic hydroxyl groups excluding tert-OH is 1. The van der Waals surface area contributed by atoms with Gasteiger partial charge in [0.25, 0.3) is 0 Å². The van der Waals surface area contributed by atoms with Crippen molar-refractivity contribution in [2.75, 3.05) is 18.9 Å². The molecule has 0 bridgehead atoms. The molecule has 3 rings (SSSR count). The van der Waals surface area contributed by atoms with Crippen LogP contribution in [0, 0.1) is 0 Å². The number of hydrogen-bond acceptors (Lipinski definition) is 4. The van der Waals surface area contributed by atoms with Crippen LogP contribution in [0.15, 0.2) is 48.7 Å². The first-order chi connectivity index (χ1) is 10.2. The Morgan fingerprint density at radius 3 is 2.48 bits per heavy atom. The van der Waals surface area contributed by atoms with Crippen LogP contribution in [-0.4, -0.2) is 23.3 Å². The molecule has 110 valence electrons. The predicted octanol–water partition coefficient (Wildman–Crippen LogP) is 2.45. The quantitative estimate of drug-likeness (QED) is 0.908. The minimum atomic E-state index is -0.683. The molecule has 1 saturated heterocycles. The maximum Gasteiger partial charge on any atom is 0.129 e. The van der Waals surface area contributed by atoms with Gasteiger partial charge in [0.2, 0.25) is 0 Å². The van der Waals surface area contributed by atoms with Crippen molar-refractivity contribution in [1.29, 1.82) is 0 Å². The van der Waals surface area contributed by atoms with Crippen LogP contribution < -0.4 is 5.73 Å². The minimum absolute atomic E-state index is 0.364. The summed E-state index contributed by atoms with van der Waals surface area (Å²) < 4.78 is 5.50. The number of nitrogen functional groups attached to an aromatic ring is 1. The lowest BCUT2D eigenvalue weighted by Crippen LogP contribution is -2.40. The summed E-state index contributed by atoms with van der Waals surface area (Å²) >= 11 is 0. The average molecular weight is 284 g/mol. The highest BCUT2D eigenvalue weighted by Crippen LogP contribution is 2.45. The van der Waals surface area contributed by atoms with Crippen molar-refractivity contribution in [2.45, 2.75) is 24.4 Å². The third-order valence-corrected chi connectivity index (χ3v) is 4.42. The highest BCUT2D eigenvalue weighted by Gasteiger charge is 2.42. The average Bonchev–Trinajstić information content (AvgIpc) is 2.56. The van der Waals surface area contributed by atoms with E-state index in [-0.39, 0.29) is 5.41 Å². The van der Waals surface area contributed by atoms with Crippen LogP contribution in [0.5, 0.6) is 0 Å². The first-order valence-electron chi connectivity index (χ1n) is 7.26. The predicted molar refractivity (Wildman–Crippen MR) is 81.8 cm³/mol. The molecule has 3 N–H and O–H groups in total. The van der Waals surface area contributed by atoms with Crippen LogP contribution in [0.1, 0.15) is 30.1 Å². The number of ether oxygens (including phenoxy) is 1. The standard InChI is InChI=1S/C17H20N2O2/c18-16-14(7-4-10-19-16)15(20)17(8-11-21-12-9-17)13-5-2-1-3-6-13/h1-7,10,15,20H,8-9,11-12H2,(H2,18,19). The Morgan fingerprint density at radius 1 is 1.10 bits per heavy atom. The molecule has 1 fully saturated rings. The van der Waals surface area contributed by atoms with Gasteiger partial charge < -0.3 is 15.6 Å². The van der Waals surface area contributed by atoms with E-state index in [2.05, 4.69) is 17.1 Å². The number of pyridine rings is 1. The Kier molecular flexibility index (Phi) is 3.90. The smallest absolute Gasteiger partial charge is 0.129 e. The zero-order valence-corrected chi connectivity index (χ0v) is 11.9. The van der Waals surface area contributed by atoms with Gasteiger partial charge in [-0.2, -0.15) is 0 Å². The van der Waals surface area contributed by atoms with E-state index in [4.69, 9.17) is 10.5 Å². The lowest BCUT2D eigenvalue weighted by atomic mass is 9.68. The Labute approximate surface area is 124 Å². The zero-order valence-electron chi connectivity index (χ0n) is 11.9. The molecule has 0 aliphatic carbocycles. The first kappa shape index (κ1) is 14.0. The van der Waals surface area contributed by atoms with E-state index in [0.717, 1.165) is 18.4 Å². The van der Waals surface area contributed by atoms with Crippen molar-refractivity contribution < 1.29 is 9.84 Å². The van der Waals surface area contributed by atoms with Gasteiger partial charge in [-0.15, -0.1) is 0 Å². The monoisotopic (exact) mass is 284 g/mol. The van der Waals surface area contributed by atoms with E-state index < -0.39 is 6.10 Å². The van der Waals surface area contributed by atoms with E-state index >= 15 is 0 Å². The van der Waals surface area contributed by atoms with Crippen LogP contribution in [0.25, 0.3) is 0 Å². The second-order valence-electron chi connectivity index (χ2n) is 5.51. The number of nitrogens with zero attached hydrogens (tertiary/aromatic N) is 1. The molecule has 0 spiro atoms. The van der Waals surface area contributed by atoms with Gasteiger partial charge >= 0.3 is 0 Å². The fraction of sp³-hybridized carbons (Fsp3) is 0.353. The van der Waals surface area contributed by atoms with E-state index in [1.54, 1.807) is 6.20 Å². The van der Waals surface area contributed by atoms with Gasteiger partial charge in [-0.25, -0.2) is 4.98 Å². The molecule has 4 nitrogen and oxygen atoms in total. The first-order valence-corrected chi connectivity index (χ1v) is 7.26. The van der Waals surface area contributed by atoms with Crippen LogP contribution in [0.2, 0.25) is 0 Å². The van der Waals surface area contributed by atoms with Crippen LogP contribution >= 0.6 is 0 Å². The van der Waals surface area contributed by atoms with E-state index in [1.807, 2.05) is 30.3 Å². The van der Waals surface area contributed by atoms with E-state index in [1.165, 1.54) is 0 Å². The molecule has 2 heterocycles. The number of aromatic nitrogens is 1. The van der Waals surface area contributed by atoms with E-state index in [0.29, 0.717) is 24.6 Å². The molecule has 1 aromatic carbocycles. The molecule has 0 amide bonds. The van der Waals surface area contributed by atoms with Crippen molar-refractivity contribution in [3.63, 3.8) is 0 Å². The summed E-state index contributed by atoms with van der Waals surface area (Å²) in [5, 5.41) is 11.1. The third kappa shape index (κ3) is 2.52. The van der Waals surface area contributed by atoms with Crippen LogP contribution in [-0.2, 0) is 10.2 Å². The second kappa shape index (κ2) is 5.84. The molecular formula is C17H20N2O2. The Balaban J connectivity index is 2.06. The van der Waals surface area contributed by atoms with Crippen molar-refractivity contribution in [3.8, 4) is 0 Å². The zero-order chi connectivity index (χ0) is 14.7. The topological polar surface area (TPSA) is 68.4 Å². The summed E-state index contributed by atoms with van der Waals surface area (Å²) in [5.74, 6) is 0.395. The summed E-state index contributed by atoms with van der Waals surface area (Å²) in [7, 11) is 0. The number of aliphatic hydroxyl groups is 1. The molecular weight excluding hydrogens is 264 g/mol. The number of rotatable bonds is 3. The maximum absolute atomic E-state index is 11.1. The molecule has 0 saturated carbocycles. The van der Waals surface area contributed by atoms with Gasteiger partial charge in [0.1, 0.15) is 5.82 Å². The fourth-order valence-electron chi connectivity index (χ4n) is 3.18. The Hall–Kier alpha value is -1.91. The SMILES string of the molecule is Nc1ncccc1C(O)C1(c2ccccc2)CCOCC1. The highest BCUT2D eigenvalue weighted by atomic mass is 16.5. The fourth-order valence-corrected chi connectivity index (χ4v) is 3.18. The highest BCUT2D eigenvalue weighted by molar-refractivity contribution is 5.44. The summed E-state index contributed by atoms with van der Waals surface area (Å²) in [5.41, 5.74) is 7.42. The number of hydrogen-bond donors (Lipinski definition) is 2. The molecule has 0 radical (unpaired) electrons. The summed E-state index contributed by atoms with van der Waals surface area (Å²) in [4.78, 5) is 4.11. The Bertz CT molecular complexity index is 595. The largest absolute Gasteiger partial charge is 0.387 e. The molecule has 1 aliphatic rings. The van der Waals surface area contributed by atoms with Gasteiger partial charge in [0.05, 0.1) is 6.10 Å². The lowest BCUT2D eigenvalue weighted by Gasteiger charge is -2.41. The molecule has 1 aliphatic heterocycles. The molecule has 2 aromatic rings. The Morgan fingerprint density at radius 2 is 1.81 bits per heavy atom. The number of nitrogens with two attached hydrogens (primary N) is 1. The molecule has 1 atom stereocenters. The van der Waals surface area contributed by atoms with Crippen LogP contribution in [0.3, 0.4) is 0 Å². The third-order valence-electron chi connectivity index (χ3n) is 4.42. The molecule has 4 heteroatoms. The van der Waals surface area contributed by atoms with Gasteiger partial charge in [-0.3, -0.25) is 0 Å². The molecule has 21 heavy (non-hydrogen) atoms. The summed E-state index contributed by atoms with van der Waals surface area (Å²) in [6.07, 6.45) is 2.50. The summed E-state index contributed by atoms with van der Waals surface area (Å²) in [6.45, 7) is 1.29. The molecule has 1 aromatic heterocycles. The van der Waals surface area contributed by atoms with Crippen LogP contribution in [0.4, 0.5) is 5.82 Å². The van der Waals surface area contributed by atoms with E-state index in [9.17, 15) is 5.11 Å². The van der Waals surface area contributed by atoms with Gasteiger partial charge in [-0.1, -0.05) is 36.4 Å². The van der Waals surface area contributed by atoms with Crippen molar-refractivity contribution >= 4 is 5.82 Å². The van der Waals surface area contributed by atoms with Crippen molar-refractivity contribution in [1.82, 2.24) is 4.98 Å². The minimum Gasteiger partial charge on any atom is -0.387 e. The van der Waals surface area contributed by atoms with Crippen molar-refractivity contribution in [2.24, 2.45) is 0 Å². The summed E-state index contributed by atoms with van der Waals surface area (Å²) in [6, 6.07) is 13.8. The van der Waals surface area contributed by atoms with Gasteiger partial charge in [-0.05, 0) is 24.5 Å². The van der Waals surface area contributed by atoms with Gasteiger partial charge in [0.15, 0.2) is 0 Å². The number of benzene rings is 1. The normalized spacial score (nSPS) is 19.1. The maximum atomic E-state index is 11.1. The van der Waals surface area contributed by atoms with Gasteiger partial charge in [0, 0.05) is 30.4 Å². The second-order valence-corrected chi connectivity index (χ2v) is 5.51. The molecule has 1 unspecified atom stereocenters. The lowest BCUT2D eigenvalue weighted by molar-refractivity contribution is -0.0168.